The SMILES string of the molecule is OC[C@H]1O[C@@H](n2ccc3c(SCC4CCCC4)ncnc32)[C@H](O)[C@@H]1O. The summed E-state index contributed by atoms with van der Waals surface area (Å²) < 4.78 is 7.32. The minimum Gasteiger partial charge on any atom is -0.394 e. The van der Waals surface area contributed by atoms with E-state index in [9.17, 15) is 15.3 Å². The number of hydrogen-bond donors (Lipinski definition) is 3. The Labute approximate surface area is 150 Å². The Morgan fingerprint density at radius 2 is 2.00 bits per heavy atom. The highest BCUT2D eigenvalue weighted by Crippen LogP contribution is 2.35. The lowest BCUT2D eigenvalue weighted by Gasteiger charge is -2.17. The molecule has 3 N–H and O–H groups in total. The van der Waals surface area contributed by atoms with E-state index in [1.807, 2.05) is 6.07 Å². The molecule has 0 spiro atoms. The molecule has 1 saturated heterocycles. The van der Waals surface area contributed by atoms with Crippen molar-refractivity contribution in [3.8, 4) is 0 Å². The first-order valence-corrected chi connectivity index (χ1v) is 9.74. The summed E-state index contributed by atoms with van der Waals surface area (Å²) in [6.07, 6.45) is 4.76. The normalized spacial score (nSPS) is 30.5. The van der Waals surface area contributed by atoms with Gasteiger partial charge in [-0.15, -0.1) is 11.8 Å². The number of rotatable bonds is 5. The predicted octanol–water partition coefficient (Wildman–Crippen LogP) is 1.33. The maximum atomic E-state index is 10.3. The molecule has 7 nitrogen and oxygen atoms in total. The van der Waals surface area contributed by atoms with Gasteiger partial charge in [-0.1, -0.05) is 12.8 Å². The maximum Gasteiger partial charge on any atom is 0.164 e. The van der Waals surface area contributed by atoms with E-state index < -0.39 is 24.5 Å². The monoisotopic (exact) mass is 365 g/mol. The third-order valence-corrected chi connectivity index (χ3v) is 6.43. The summed E-state index contributed by atoms with van der Waals surface area (Å²) in [5.41, 5.74) is 0.666. The van der Waals surface area contributed by atoms with Crippen molar-refractivity contribution in [2.24, 2.45) is 5.92 Å². The summed E-state index contributed by atoms with van der Waals surface area (Å²) in [5.74, 6) is 1.82. The van der Waals surface area contributed by atoms with Crippen LogP contribution in [0.2, 0.25) is 0 Å². The first-order valence-electron chi connectivity index (χ1n) is 8.76. The molecule has 2 aromatic rings. The molecule has 1 saturated carbocycles. The van der Waals surface area contributed by atoms with Crippen LogP contribution in [-0.2, 0) is 4.74 Å². The van der Waals surface area contributed by atoms with Crippen LogP contribution in [-0.4, -0.2) is 60.5 Å². The molecule has 0 radical (unpaired) electrons. The van der Waals surface area contributed by atoms with E-state index in [1.165, 1.54) is 32.0 Å². The number of hydrogen-bond acceptors (Lipinski definition) is 7. The largest absolute Gasteiger partial charge is 0.394 e. The fraction of sp³-hybridized carbons (Fsp3) is 0.647. The van der Waals surface area contributed by atoms with Gasteiger partial charge in [-0.2, -0.15) is 0 Å². The molecule has 2 aromatic heterocycles. The van der Waals surface area contributed by atoms with Crippen LogP contribution in [0.4, 0.5) is 0 Å². The first kappa shape index (κ1) is 17.2. The predicted molar refractivity (Wildman–Crippen MR) is 93.2 cm³/mol. The molecular weight excluding hydrogens is 342 g/mol. The maximum absolute atomic E-state index is 10.3. The molecule has 2 fully saturated rings. The van der Waals surface area contributed by atoms with Gasteiger partial charge >= 0.3 is 0 Å². The van der Waals surface area contributed by atoms with Crippen molar-refractivity contribution in [1.29, 1.82) is 0 Å². The molecular formula is C17H23N3O4S. The van der Waals surface area contributed by atoms with Gasteiger partial charge in [0.2, 0.25) is 0 Å². The van der Waals surface area contributed by atoms with Crippen LogP contribution in [0, 0.1) is 5.92 Å². The molecule has 3 heterocycles. The van der Waals surface area contributed by atoms with Gasteiger partial charge in [0.25, 0.3) is 0 Å². The summed E-state index contributed by atoms with van der Waals surface area (Å²) in [7, 11) is 0. The van der Waals surface area contributed by atoms with E-state index in [4.69, 9.17) is 4.74 Å². The van der Waals surface area contributed by atoms with Crippen molar-refractivity contribution in [3.63, 3.8) is 0 Å². The standard InChI is InChI=1S/C17H23N3O4S/c21-7-12-13(22)14(23)17(24-12)20-6-5-11-15(20)18-9-19-16(11)25-8-10-3-1-2-4-10/h5-6,9-10,12-14,17,21-23H,1-4,7-8H2/t12-,13-,14-,17-/m1/s1. The van der Waals surface area contributed by atoms with Gasteiger partial charge in [-0.25, -0.2) is 9.97 Å². The molecule has 1 aliphatic carbocycles. The van der Waals surface area contributed by atoms with Crippen LogP contribution in [0.15, 0.2) is 23.6 Å². The van der Waals surface area contributed by atoms with Crippen LogP contribution < -0.4 is 0 Å². The molecule has 8 heteroatoms. The zero-order chi connectivity index (χ0) is 17.4. The van der Waals surface area contributed by atoms with E-state index in [1.54, 1.807) is 22.5 Å². The number of aromatic nitrogens is 3. The zero-order valence-electron chi connectivity index (χ0n) is 13.9. The summed E-state index contributed by atoms with van der Waals surface area (Å²) in [6, 6.07) is 1.92. The van der Waals surface area contributed by atoms with Crippen LogP contribution >= 0.6 is 11.8 Å². The summed E-state index contributed by atoms with van der Waals surface area (Å²) in [5, 5.41) is 31.3. The van der Waals surface area contributed by atoms with E-state index in [0.29, 0.717) is 5.65 Å². The Bertz CT molecular complexity index is 734. The molecule has 4 atom stereocenters. The number of thioether (sulfide) groups is 1. The quantitative estimate of drug-likeness (QED) is 0.543. The molecule has 1 aliphatic heterocycles. The second-order valence-electron chi connectivity index (χ2n) is 6.83. The lowest BCUT2D eigenvalue weighted by atomic mass is 10.1. The van der Waals surface area contributed by atoms with Gasteiger partial charge in [0.05, 0.1) is 12.0 Å². The van der Waals surface area contributed by atoms with Crippen LogP contribution in [0.3, 0.4) is 0 Å². The summed E-state index contributed by atoms with van der Waals surface area (Å²) in [4.78, 5) is 8.76. The zero-order valence-corrected chi connectivity index (χ0v) is 14.7. The van der Waals surface area contributed by atoms with E-state index in [0.717, 1.165) is 22.1 Å². The highest BCUT2D eigenvalue weighted by molar-refractivity contribution is 7.99. The van der Waals surface area contributed by atoms with Crippen LogP contribution in [0.25, 0.3) is 11.0 Å². The molecule has 0 amide bonds. The van der Waals surface area contributed by atoms with Gasteiger partial charge in [0.15, 0.2) is 6.23 Å². The minimum atomic E-state index is -1.12. The number of aliphatic hydroxyl groups is 3. The highest BCUT2D eigenvalue weighted by Gasteiger charge is 2.43. The highest BCUT2D eigenvalue weighted by atomic mass is 32.2. The van der Waals surface area contributed by atoms with Crippen molar-refractivity contribution < 1.29 is 20.1 Å². The smallest absolute Gasteiger partial charge is 0.164 e. The molecule has 0 bridgehead atoms. The van der Waals surface area contributed by atoms with E-state index >= 15 is 0 Å². The third kappa shape index (κ3) is 3.17. The molecule has 2 aliphatic rings. The lowest BCUT2D eigenvalue weighted by Crippen LogP contribution is -2.33. The number of fused-ring (bicyclic) bond motifs is 1. The molecule has 0 aromatic carbocycles. The Morgan fingerprint density at radius 1 is 1.20 bits per heavy atom. The number of nitrogens with zero attached hydrogens (tertiary/aromatic N) is 3. The Morgan fingerprint density at radius 3 is 2.72 bits per heavy atom. The van der Waals surface area contributed by atoms with Crippen molar-refractivity contribution in [2.45, 2.75) is 55.2 Å². The van der Waals surface area contributed by atoms with Crippen molar-refractivity contribution in [1.82, 2.24) is 14.5 Å². The Balaban J connectivity index is 1.58. The molecule has 25 heavy (non-hydrogen) atoms. The minimum absolute atomic E-state index is 0.342. The van der Waals surface area contributed by atoms with E-state index in [-0.39, 0.29) is 6.61 Å². The second-order valence-corrected chi connectivity index (χ2v) is 7.84. The number of ether oxygens (including phenoxy) is 1. The van der Waals surface area contributed by atoms with Crippen LogP contribution in [0.5, 0.6) is 0 Å². The fourth-order valence-electron chi connectivity index (χ4n) is 3.75. The number of aliphatic hydroxyl groups excluding tert-OH is 3. The van der Waals surface area contributed by atoms with Gasteiger partial charge in [-0.05, 0) is 24.8 Å². The van der Waals surface area contributed by atoms with Crippen molar-refractivity contribution >= 4 is 22.8 Å². The topological polar surface area (TPSA) is 101 Å². The third-order valence-electron chi connectivity index (χ3n) is 5.19. The van der Waals surface area contributed by atoms with E-state index in [2.05, 4.69) is 9.97 Å². The fourth-order valence-corrected chi connectivity index (χ4v) is 4.92. The Kier molecular flexibility index (Phi) is 4.97. The summed E-state index contributed by atoms with van der Waals surface area (Å²) >= 11 is 1.75. The van der Waals surface area contributed by atoms with Crippen molar-refractivity contribution in [3.05, 3.63) is 18.6 Å². The lowest BCUT2D eigenvalue weighted by molar-refractivity contribution is -0.0508. The van der Waals surface area contributed by atoms with Gasteiger partial charge < -0.3 is 24.6 Å². The van der Waals surface area contributed by atoms with Gasteiger partial charge in [0, 0.05) is 11.9 Å². The summed E-state index contributed by atoms with van der Waals surface area (Å²) in [6.45, 7) is -0.342. The Hall–Kier alpha value is -1.19. The second kappa shape index (κ2) is 7.20. The average Bonchev–Trinajstić information content (AvgIpc) is 3.34. The van der Waals surface area contributed by atoms with Gasteiger partial charge in [-0.3, -0.25) is 0 Å². The molecule has 4 rings (SSSR count). The van der Waals surface area contributed by atoms with Crippen molar-refractivity contribution in [2.75, 3.05) is 12.4 Å². The molecule has 0 unspecified atom stereocenters. The first-order chi connectivity index (χ1) is 12.2. The van der Waals surface area contributed by atoms with Gasteiger partial charge in [0.1, 0.15) is 35.3 Å². The molecule has 136 valence electrons. The van der Waals surface area contributed by atoms with Crippen LogP contribution in [0.1, 0.15) is 31.9 Å². The average molecular weight is 365 g/mol.